The molecule has 0 aliphatic heterocycles. The Morgan fingerprint density at radius 2 is 1.96 bits per heavy atom. The van der Waals surface area contributed by atoms with E-state index in [9.17, 15) is 14.0 Å². The third kappa shape index (κ3) is 4.35. The van der Waals surface area contributed by atoms with E-state index in [1.54, 1.807) is 30.6 Å². The molecule has 0 saturated carbocycles. The smallest absolute Gasteiger partial charge is 0.271 e. The van der Waals surface area contributed by atoms with Crippen LogP contribution in [0.5, 0.6) is 0 Å². The largest absolute Gasteiger partial charge is 0.347 e. The highest BCUT2D eigenvalue weighted by Gasteiger charge is 2.10. The van der Waals surface area contributed by atoms with Gasteiger partial charge >= 0.3 is 0 Å². The van der Waals surface area contributed by atoms with Crippen LogP contribution in [0.25, 0.3) is 0 Å². The van der Waals surface area contributed by atoms with Crippen LogP contribution in [-0.4, -0.2) is 20.7 Å². The van der Waals surface area contributed by atoms with Gasteiger partial charge in [-0.1, -0.05) is 18.2 Å². The summed E-state index contributed by atoms with van der Waals surface area (Å²) in [6.07, 6.45) is 3.30. The number of amides is 1. The third-order valence-corrected chi connectivity index (χ3v) is 3.50. The zero-order chi connectivity index (χ0) is 17.6. The minimum absolute atomic E-state index is 0.0836. The molecule has 6 nitrogen and oxygen atoms in total. The molecule has 3 rings (SSSR count). The van der Waals surface area contributed by atoms with Gasteiger partial charge in [-0.05, 0) is 35.4 Å². The quantitative estimate of drug-likeness (QED) is 0.769. The summed E-state index contributed by atoms with van der Waals surface area (Å²) in [6, 6.07) is 12.1. The Hall–Kier alpha value is -3.35. The standard InChI is InChI=1S/C18H15FN4O2/c19-15-5-1-3-13(9-15)12-23-17(24)7-6-16(22-23)18(25)21-11-14-4-2-8-20-10-14/h1-10H,11-12H2,(H,21,25). The second kappa shape index (κ2) is 7.48. The van der Waals surface area contributed by atoms with Gasteiger partial charge in [-0.25, -0.2) is 9.07 Å². The van der Waals surface area contributed by atoms with E-state index in [0.29, 0.717) is 12.1 Å². The van der Waals surface area contributed by atoms with E-state index >= 15 is 0 Å². The minimum Gasteiger partial charge on any atom is -0.347 e. The summed E-state index contributed by atoms with van der Waals surface area (Å²) in [4.78, 5) is 28.1. The molecule has 2 aromatic heterocycles. The molecule has 0 radical (unpaired) electrons. The lowest BCUT2D eigenvalue weighted by atomic mass is 10.2. The lowest BCUT2D eigenvalue weighted by Gasteiger charge is -2.08. The molecule has 1 N–H and O–H groups in total. The Labute approximate surface area is 143 Å². The van der Waals surface area contributed by atoms with Crippen LogP contribution in [-0.2, 0) is 13.1 Å². The highest BCUT2D eigenvalue weighted by molar-refractivity contribution is 5.91. The van der Waals surface area contributed by atoms with Crippen molar-refractivity contribution in [3.05, 3.63) is 93.9 Å². The maximum atomic E-state index is 13.3. The molecule has 0 aliphatic carbocycles. The first-order valence-electron chi connectivity index (χ1n) is 7.61. The van der Waals surface area contributed by atoms with Gasteiger partial charge in [0, 0.05) is 25.0 Å². The number of hydrogen-bond acceptors (Lipinski definition) is 4. The van der Waals surface area contributed by atoms with Gasteiger partial charge in [0.1, 0.15) is 11.5 Å². The van der Waals surface area contributed by atoms with Gasteiger partial charge in [-0.3, -0.25) is 14.6 Å². The normalized spacial score (nSPS) is 10.4. The van der Waals surface area contributed by atoms with Crippen molar-refractivity contribution in [2.24, 2.45) is 0 Å². The maximum Gasteiger partial charge on any atom is 0.271 e. The number of carbonyl (C=O) groups excluding carboxylic acids is 1. The van der Waals surface area contributed by atoms with Crippen LogP contribution in [0.15, 0.2) is 65.7 Å². The Bertz CT molecular complexity index is 941. The Morgan fingerprint density at radius 3 is 2.72 bits per heavy atom. The van der Waals surface area contributed by atoms with Crippen molar-refractivity contribution < 1.29 is 9.18 Å². The van der Waals surface area contributed by atoms with Crippen molar-refractivity contribution in [1.29, 1.82) is 0 Å². The van der Waals surface area contributed by atoms with Gasteiger partial charge in [0.25, 0.3) is 11.5 Å². The van der Waals surface area contributed by atoms with Crippen LogP contribution < -0.4 is 10.9 Å². The predicted molar refractivity (Wildman–Crippen MR) is 89.4 cm³/mol. The monoisotopic (exact) mass is 338 g/mol. The molecular formula is C18H15FN4O2. The zero-order valence-corrected chi connectivity index (χ0v) is 13.2. The molecule has 3 aromatic rings. The average molecular weight is 338 g/mol. The number of carbonyl (C=O) groups is 1. The van der Waals surface area contributed by atoms with Gasteiger partial charge in [0.15, 0.2) is 0 Å². The van der Waals surface area contributed by atoms with E-state index in [-0.39, 0.29) is 17.8 Å². The van der Waals surface area contributed by atoms with Gasteiger partial charge in [0.2, 0.25) is 0 Å². The molecule has 0 unspecified atom stereocenters. The van der Waals surface area contributed by atoms with Crippen molar-refractivity contribution in [1.82, 2.24) is 20.1 Å². The molecule has 126 valence electrons. The fourth-order valence-corrected chi connectivity index (χ4v) is 2.27. The number of pyridine rings is 1. The molecule has 1 aromatic carbocycles. The first-order chi connectivity index (χ1) is 12.1. The van der Waals surface area contributed by atoms with E-state index in [2.05, 4.69) is 15.4 Å². The van der Waals surface area contributed by atoms with Gasteiger partial charge in [-0.2, -0.15) is 5.10 Å². The lowest BCUT2D eigenvalue weighted by Crippen LogP contribution is -2.29. The SMILES string of the molecule is O=C(NCc1cccnc1)c1ccc(=O)n(Cc2cccc(F)c2)n1. The minimum atomic E-state index is -0.406. The third-order valence-electron chi connectivity index (χ3n) is 3.50. The number of halogens is 1. The van der Waals surface area contributed by atoms with E-state index in [0.717, 1.165) is 10.2 Å². The van der Waals surface area contributed by atoms with E-state index in [1.807, 2.05) is 6.07 Å². The van der Waals surface area contributed by atoms with Crippen molar-refractivity contribution >= 4 is 5.91 Å². The van der Waals surface area contributed by atoms with Crippen molar-refractivity contribution in [2.45, 2.75) is 13.1 Å². The molecule has 7 heteroatoms. The number of rotatable bonds is 5. The summed E-state index contributed by atoms with van der Waals surface area (Å²) in [5.74, 6) is -0.798. The van der Waals surface area contributed by atoms with Crippen molar-refractivity contribution in [3.8, 4) is 0 Å². The first kappa shape index (κ1) is 16.5. The number of nitrogens with one attached hydrogen (secondary N) is 1. The van der Waals surface area contributed by atoms with Crippen molar-refractivity contribution in [2.75, 3.05) is 0 Å². The molecule has 1 amide bonds. The molecule has 0 atom stereocenters. The molecule has 0 spiro atoms. The second-order valence-corrected chi connectivity index (χ2v) is 5.39. The molecule has 25 heavy (non-hydrogen) atoms. The second-order valence-electron chi connectivity index (χ2n) is 5.39. The summed E-state index contributed by atoms with van der Waals surface area (Å²) < 4.78 is 14.4. The van der Waals surface area contributed by atoms with Crippen molar-refractivity contribution in [3.63, 3.8) is 0 Å². The topological polar surface area (TPSA) is 76.9 Å². The maximum absolute atomic E-state index is 13.3. The highest BCUT2D eigenvalue weighted by Crippen LogP contribution is 2.04. The molecule has 0 saturated heterocycles. The van der Waals surface area contributed by atoms with Crippen LogP contribution in [0.2, 0.25) is 0 Å². The number of hydrogen-bond donors (Lipinski definition) is 1. The number of benzene rings is 1. The predicted octanol–water partition coefficient (Wildman–Crippen LogP) is 1.76. The van der Waals surface area contributed by atoms with Gasteiger partial charge in [0.05, 0.1) is 6.54 Å². The van der Waals surface area contributed by atoms with E-state index in [1.165, 1.54) is 24.3 Å². The van der Waals surface area contributed by atoms with Crippen LogP contribution in [0.1, 0.15) is 21.6 Å². The molecule has 0 aliphatic rings. The lowest BCUT2D eigenvalue weighted by molar-refractivity contribution is 0.0943. The molecular weight excluding hydrogens is 323 g/mol. The number of nitrogens with zero attached hydrogens (tertiary/aromatic N) is 3. The first-order valence-corrected chi connectivity index (χ1v) is 7.61. The van der Waals surface area contributed by atoms with Gasteiger partial charge < -0.3 is 5.32 Å². The van der Waals surface area contributed by atoms with Crippen LogP contribution in [0, 0.1) is 5.82 Å². The summed E-state index contributed by atoms with van der Waals surface area (Å²) in [7, 11) is 0. The summed E-state index contributed by atoms with van der Waals surface area (Å²) in [5, 5.41) is 6.78. The van der Waals surface area contributed by atoms with Crippen LogP contribution >= 0.6 is 0 Å². The van der Waals surface area contributed by atoms with Gasteiger partial charge in [-0.15, -0.1) is 0 Å². The average Bonchev–Trinajstić information content (AvgIpc) is 2.62. The van der Waals surface area contributed by atoms with E-state index in [4.69, 9.17) is 0 Å². The fourth-order valence-electron chi connectivity index (χ4n) is 2.27. The summed E-state index contributed by atoms with van der Waals surface area (Å²) in [6.45, 7) is 0.387. The zero-order valence-electron chi connectivity index (χ0n) is 13.2. The Kier molecular flexibility index (Phi) is 4.94. The van der Waals surface area contributed by atoms with Crippen LogP contribution in [0.4, 0.5) is 4.39 Å². The van der Waals surface area contributed by atoms with Crippen LogP contribution in [0.3, 0.4) is 0 Å². The van der Waals surface area contributed by atoms with E-state index < -0.39 is 11.7 Å². The molecule has 0 bridgehead atoms. The summed E-state index contributed by atoms with van der Waals surface area (Å²) >= 11 is 0. The summed E-state index contributed by atoms with van der Waals surface area (Å²) in [5.41, 5.74) is 1.18. The molecule has 0 fully saturated rings. The molecule has 2 heterocycles. The number of aromatic nitrogens is 3. The highest BCUT2D eigenvalue weighted by atomic mass is 19.1. The Balaban J connectivity index is 1.74. The Morgan fingerprint density at radius 1 is 1.12 bits per heavy atom. The fraction of sp³-hybridized carbons (Fsp3) is 0.111.